The zero-order chi connectivity index (χ0) is 14.8. The number of nitrogens with one attached hydrogen (secondary N) is 2. The van der Waals surface area contributed by atoms with Crippen LogP contribution in [0, 0.1) is 3.57 Å². The van der Waals surface area contributed by atoms with Crippen molar-refractivity contribution in [3.8, 4) is 0 Å². The van der Waals surface area contributed by atoms with E-state index in [1.807, 2.05) is 0 Å². The third-order valence-electron chi connectivity index (χ3n) is 3.12. The highest BCUT2D eigenvalue weighted by Crippen LogP contribution is 2.31. The lowest BCUT2D eigenvalue weighted by atomic mass is 10.1. The molecule has 0 aromatic heterocycles. The van der Waals surface area contributed by atoms with E-state index in [2.05, 4.69) is 10.6 Å². The molecule has 1 fully saturated rings. The molecule has 1 unspecified atom stereocenters. The molecule has 2 rings (SSSR count). The fourth-order valence-electron chi connectivity index (χ4n) is 2.13. The van der Waals surface area contributed by atoms with Crippen LogP contribution in [0.3, 0.4) is 0 Å². The monoisotopic (exact) mass is 398 g/mol. The van der Waals surface area contributed by atoms with Crippen molar-refractivity contribution in [2.45, 2.75) is 25.1 Å². The number of halogens is 4. The predicted molar refractivity (Wildman–Crippen MR) is 77.5 cm³/mol. The lowest BCUT2D eigenvalue weighted by Gasteiger charge is -2.24. The molecule has 20 heavy (non-hydrogen) atoms. The van der Waals surface area contributed by atoms with Crippen LogP contribution in [0.5, 0.6) is 0 Å². The number of amides is 1. The van der Waals surface area contributed by atoms with E-state index in [1.54, 1.807) is 22.6 Å². The maximum absolute atomic E-state index is 12.7. The van der Waals surface area contributed by atoms with Crippen molar-refractivity contribution in [2.75, 3.05) is 13.1 Å². The lowest BCUT2D eigenvalue weighted by molar-refractivity contribution is -0.137. The van der Waals surface area contributed by atoms with E-state index in [-0.39, 0.29) is 11.6 Å². The van der Waals surface area contributed by atoms with Gasteiger partial charge in [0, 0.05) is 21.7 Å². The topological polar surface area (TPSA) is 41.1 Å². The smallest absolute Gasteiger partial charge is 0.348 e. The summed E-state index contributed by atoms with van der Waals surface area (Å²) in [6, 6.07) is 3.36. The van der Waals surface area contributed by atoms with Crippen molar-refractivity contribution < 1.29 is 18.0 Å². The molecule has 0 saturated carbocycles. The minimum absolute atomic E-state index is 0.0246. The fraction of sp³-hybridized carbons (Fsp3) is 0.462. The summed E-state index contributed by atoms with van der Waals surface area (Å²) in [6.07, 6.45) is -2.65. The van der Waals surface area contributed by atoms with E-state index >= 15 is 0 Å². The average molecular weight is 398 g/mol. The van der Waals surface area contributed by atoms with Crippen molar-refractivity contribution in [1.82, 2.24) is 10.6 Å². The largest absolute Gasteiger partial charge is 0.416 e. The number of piperidine rings is 1. The molecular formula is C13H14F3IN2O. The van der Waals surface area contributed by atoms with Crippen molar-refractivity contribution in [3.63, 3.8) is 0 Å². The number of alkyl halides is 3. The van der Waals surface area contributed by atoms with Crippen LogP contribution in [-0.4, -0.2) is 25.0 Å². The third kappa shape index (κ3) is 4.08. The Morgan fingerprint density at radius 1 is 1.35 bits per heavy atom. The Morgan fingerprint density at radius 2 is 2.10 bits per heavy atom. The molecule has 1 aromatic rings. The third-order valence-corrected chi connectivity index (χ3v) is 3.74. The van der Waals surface area contributed by atoms with Crippen LogP contribution in [0.1, 0.15) is 28.8 Å². The van der Waals surface area contributed by atoms with E-state index in [9.17, 15) is 18.0 Å². The summed E-state index contributed by atoms with van der Waals surface area (Å²) in [5, 5.41) is 5.91. The molecule has 0 radical (unpaired) electrons. The van der Waals surface area contributed by atoms with Gasteiger partial charge < -0.3 is 10.6 Å². The van der Waals surface area contributed by atoms with Gasteiger partial charge in [-0.05, 0) is 60.2 Å². The van der Waals surface area contributed by atoms with Gasteiger partial charge in [0.1, 0.15) is 0 Å². The van der Waals surface area contributed by atoms with Gasteiger partial charge in [0.05, 0.1) is 5.56 Å². The molecule has 7 heteroatoms. The molecule has 1 aliphatic rings. The highest BCUT2D eigenvalue weighted by atomic mass is 127. The van der Waals surface area contributed by atoms with Crippen LogP contribution in [0.25, 0.3) is 0 Å². The van der Waals surface area contributed by atoms with Gasteiger partial charge in [-0.25, -0.2) is 0 Å². The summed E-state index contributed by atoms with van der Waals surface area (Å²) in [6.45, 7) is 1.57. The zero-order valence-electron chi connectivity index (χ0n) is 10.6. The van der Waals surface area contributed by atoms with Gasteiger partial charge in [0.15, 0.2) is 0 Å². The highest BCUT2D eigenvalue weighted by Gasteiger charge is 2.31. The van der Waals surface area contributed by atoms with Gasteiger partial charge in [0.25, 0.3) is 5.91 Å². The first kappa shape index (κ1) is 15.6. The van der Waals surface area contributed by atoms with Crippen LogP contribution in [0.15, 0.2) is 18.2 Å². The van der Waals surface area contributed by atoms with E-state index < -0.39 is 17.6 Å². The number of carbonyl (C=O) groups is 1. The maximum atomic E-state index is 12.7. The van der Waals surface area contributed by atoms with E-state index in [1.165, 1.54) is 6.07 Å². The maximum Gasteiger partial charge on any atom is 0.416 e. The van der Waals surface area contributed by atoms with Crippen molar-refractivity contribution in [2.24, 2.45) is 0 Å². The lowest BCUT2D eigenvalue weighted by Crippen LogP contribution is -2.45. The Kier molecular flexibility index (Phi) is 4.90. The molecule has 110 valence electrons. The molecule has 1 aromatic carbocycles. The number of hydrogen-bond donors (Lipinski definition) is 2. The molecule has 1 atom stereocenters. The van der Waals surface area contributed by atoms with Crippen LogP contribution >= 0.6 is 22.6 Å². The summed E-state index contributed by atoms with van der Waals surface area (Å²) in [5.74, 6) is -0.456. The van der Waals surface area contributed by atoms with Gasteiger partial charge in [-0.1, -0.05) is 0 Å². The SMILES string of the molecule is O=C(NC1CCCNC1)c1cc(I)cc(C(F)(F)F)c1. The minimum atomic E-state index is -4.44. The number of rotatable bonds is 2. The molecule has 0 aliphatic carbocycles. The van der Waals surface area contributed by atoms with Crippen LogP contribution < -0.4 is 10.6 Å². The first-order valence-electron chi connectivity index (χ1n) is 6.25. The zero-order valence-corrected chi connectivity index (χ0v) is 12.7. The predicted octanol–water partition coefficient (Wildman–Crippen LogP) is 2.79. The van der Waals surface area contributed by atoms with Gasteiger partial charge >= 0.3 is 6.18 Å². The number of carbonyl (C=O) groups excluding carboxylic acids is 1. The molecule has 3 nitrogen and oxygen atoms in total. The Hall–Kier alpha value is -0.830. The average Bonchev–Trinajstić information content (AvgIpc) is 2.38. The van der Waals surface area contributed by atoms with Crippen molar-refractivity contribution in [1.29, 1.82) is 0 Å². The van der Waals surface area contributed by atoms with Gasteiger partial charge in [0.2, 0.25) is 0 Å². The fourth-order valence-corrected chi connectivity index (χ4v) is 2.80. The normalized spacial score (nSPS) is 19.7. The molecule has 1 aliphatic heterocycles. The van der Waals surface area contributed by atoms with E-state index in [0.29, 0.717) is 10.1 Å². The molecule has 1 saturated heterocycles. The quantitative estimate of drug-likeness (QED) is 0.753. The molecule has 2 N–H and O–H groups in total. The van der Waals surface area contributed by atoms with Crippen LogP contribution in [0.2, 0.25) is 0 Å². The van der Waals surface area contributed by atoms with Crippen molar-refractivity contribution in [3.05, 3.63) is 32.9 Å². The second-order valence-corrected chi connectivity index (χ2v) is 5.99. The second kappa shape index (κ2) is 6.30. The minimum Gasteiger partial charge on any atom is -0.348 e. The van der Waals surface area contributed by atoms with E-state index in [0.717, 1.165) is 31.5 Å². The first-order chi connectivity index (χ1) is 9.36. The Bertz CT molecular complexity index is 499. The molecule has 0 bridgehead atoms. The molecule has 1 heterocycles. The first-order valence-corrected chi connectivity index (χ1v) is 7.33. The second-order valence-electron chi connectivity index (χ2n) is 4.74. The Balaban J connectivity index is 2.14. The summed E-state index contributed by atoms with van der Waals surface area (Å²) < 4.78 is 38.6. The van der Waals surface area contributed by atoms with E-state index in [4.69, 9.17) is 0 Å². The Morgan fingerprint density at radius 3 is 2.70 bits per heavy atom. The number of hydrogen-bond acceptors (Lipinski definition) is 2. The Labute approximate surface area is 128 Å². The van der Waals surface area contributed by atoms with Crippen molar-refractivity contribution >= 4 is 28.5 Å². The number of benzene rings is 1. The van der Waals surface area contributed by atoms with Gasteiger partial charge in [-0.3, -0.25) is 4.79 Å². The standard InChI is InChI=1S/C13H14F3IN2O/c14-13(15,16)9-4-8(5-10(17)6-9)12(20)19-11-2-1-3-18-7-11/h4-6,11,18H,1-3,7H2,(H,19,20). The van der Waals surface area contributed by atoms with Crippen LogP contribution in [0.4, 0.5) is 13.2 Å². The molecular weight excluding hydrogens is 384 g/mol. The molecule has 0 spiro atoms. The molecule has 1 amide bonds. The highest BCUT2D eigenvalue weighted by molar-refractivity contribution is 14.1. The summed E-state index contributed by atoms with van der Waals surface area (Å²) in [4.78, 5) is 12.0. The van der Waals surface area contributed by atoms with Crippen LogP contribution in [-0.2, 0) is 6.18 Å². The summed E-state index contributed by atoms with van der Waals surface area (Å²) in [5.41, 5.74) is -0.744. The van der Waals surface area contributed by atoms with Gasteiger partial charge in [-0.15, -0.1) is 0 Å². The summed E-state index contributed by atoms with van der Waals surface area (Å²) in [7, 11) is 0. The summed E-state index contributed by atoms with van der Waals surface area (Å²) >= 11 is 1.78. The van der Waals surface area contributed by atoms with Gasteiger partial charge in [-0.2, -0.15) is 13.2 Å².